The number of carbonyl (C=O) groups excluding carboxylic acids is 1. The second-order valence-corrected chi connectivity index (χ2v) is 5.06. The van der Waals surface area contributed by atoms with Gasteiger partial charge in [0.1, 0.15) is 0 Å². The largest absolute Gasteiger partial charge is 0.351 e. The molecule has 1 atom stereocenters. The topological polar surface area (TPSA) is 41.1 Å². The highest BCUT2D eigenvalue weighted by atomic mass is 16.2. The Hall–Kier alpha value is -1.35. The van der Waals surface area contributed by atoms with Crippen LogP contribution in [-0.2, 0) is 11.3 Å². The van der Waals surface area contributed by atoms with E-state index in [9.17, 15) is 4.79 Å². The Bertz CT molecular complexity index is 349. The molecule has 0 aliphatic rings. The van der Waals surface area contributed by atoms with Gasteiger partial charge in [0.25, 0.3) is 0 Å². The van der Waals surface area contributed by atoms with Crippen LogP contribution in [0.15, 0.2) is 30.3 Å². The maximum atomic E-state index is 11.8. The highest BCUT2D eigenvalue weighted by molar-refractivity contribution is 5.81. The third-order valence-electron chi connectivity index (χ3n) is 2.88. The summed E-state index contributed by atoms with van der Waals surface area (Å²) in [5, 5.41) is 6.17. The smallest absolute Gasteiger partial charge is 0.237 e. The first kappa shape index (κ1) is 14.7. The molecule has 0 aliphatic heterocycles. The van der Waals surface area contributed by atoms with E-state index < -0.39 is 0 Å². The van der Waals surface area contributed by atoms with Crippen molar-refractivity contribution in [3.63, 3.8) is 0 Å². The summed E-state index contributed by atoms with van der Waals surface area (Å²) in [6, 6.07) is 9.82. The average Bonchev–Trinajstić information content (AvgIpc) is 2.36. The fourth-order valence-corrected chi connectivity index (χ4v) is 1.62. The Kier molecular flexibility index (Phi) is 6.44. The molecule has 2 N–H and O–H groups in total. The van der Waals surface area contributed by atoms with E-state index >= 15 is 0 Å². The van der Waals surface area contributed by atoms with E-state index in [1.807, 2.05) is 37.3 Å². The van der Waals surface area contributed by atoms with E-state index in [2.05, 4.69) is 24.5 Å². The quantitative estimate of drug-likeness (QED) is 0.777. The van der Waals surface area contributed by atoms with Crippen molar-refractivity contribution in [2.24, 2.45) is 5.92 Å². The van der Waals surface area contributed by atoms with Gasteiger partial charge in [-0.1, -0.05) is 44.2 Å². The Morgan fingerprint density at radius 2 is 1.83 bits per heavy atom. The van der Waals surface area contributed by atoms with Crippen LogP contribution in [0.1, 0.15) is 32.8 Å². The van der Waals surface area contributed by atoms with E-state index in [1.54, 1.807) is 0 Å². The van der Waals surface area contributed by atoms with E-state index in [4.69, 9.17) is 0 Å². The Balaban J connectivity index is 2.23. The predicted octanol–water partition coefficient (Wildman–Crippen LogP) is 2.33. The number of amides is 1. The lowest BCUT2D eigenvalue weighted by Crippen LogP contribution is -2.42. The average molecular weight is 248 g/mol. The highest BCUT2D eigenvalue weighted by Crippen LogP contribution is 1.99. The minimum Gasteiger partial charge on any atom is -0.351 e. The van der Waals surface area contributed by atoms with Gasteiger partial charge in [0.05, 0.1) is 6.04 Å². The molecule has 3 nitrogen and oxygen atoms in total. The maximum absolute atomic E-state index is 11.8. The van der Waals surface area contributed by atoms with Gasteiger partial charge in [-0.05, 0) is 31.4 Å². The second-order valence-electron chi connectivity index (χ2n) is 5.06. The lowest BCUT2D eigenvalue weighted by atomic mass is 10.1. The minimum atomic E-state index is -0.132. The number of hydrogen-bond donors (Lipinski definition) is 2. The van der Waals surface area contributed by atoms with Crippen molar-refractivity contribution in [2.45, 2.75) is 39.8 Å². The first-order chi connectivity index (χ1) is 8.59. The Labute approximate surface area is 110 Å². The van der Waals surface area contributed by atoms with Gasteiger partial charge < -0.3 is 10.6 Å². The molecule has 0 bridgehead atoms. The molecule has 0 fully saturated rings. The van der Waals surface area contributed by atoms with Crippen LogP contribution in [-0.4, -0.2) is 18.5 Å². The van der Waals surface area contributed by atoms with Crippen LogP contribution in [0, 0.1) is 5.92 Å². The van der Waals surface area contributed by atoms with Crippen molar-refractivity contribution in [2.75, 3.05) is 6.54 Å². The van der Waals surface area contributed by atoms with E-state index in [0.29, 0.717) is 12.5 Å². The SMILES string of the molecule is CC(C)CCNC(C)C(=O)NCc1ccccc1. The van der Waals surface area contributed by atoms with Gasteiger partial charge in [0.2, 0.25) is 5.91 Å². The summed E-state index contributed by atoms with van der Waals surface area (Å²) in [6.07, 6.45) is 1.09. The monoisotopic (exact) mass is 248 g/mol. The van der Waals surface area contributed by atoms with Gasteiger partial charge in [0, 0.05) is 6.54 Å². The number of carbonyl (C=O) groups is 1. The second kappa shape index (κ2) is 7.88. The summed E-state index contributed by atoms with van der Waals surface area (Å²) in [5.74, 6) is 0.722. The predicted molar refractivity (Wildman–Crippen MR) is 75.2 cm³/mol. The zero-order chi connectivity index (χ0) is 13.4. The summed E-state index contributed by atoms with van der Waals surface area (Å²) >= 11 is 0. The van der Waals surface area contributed by atoms with Gasteiger partial charge >= 0.3 is 0 Å². The molecule has 0 radical (unpaired) electrons. The third-order valence-corrected chi connectivity index (χ3v) is 2.88. The van der Waals surface area contributed by atoms with Gasteiger partial charge in [-0.15, -0.1) is 0 Å². The molecule has 18 heavy (non-hydrogen) atoms. The number of hydrogen-bond acceptors (Lipinski definition) is 2. The van der Waals surface area contributed by atoms with Crippen molar-refractivity contribution in [1.82, 2.24) is 10.6 Å². The molecule has 0 saturated heterocycles. The summed E-state index contributed by atoms with van der Waals surface area (Å²) in [7, 11) is 0. The molecule has 1 rings (SSSR count). The maximum Gasteiger partial charge on any atom is 0.237 e. The number of nitrogens with one attached hydrogen (secondary N) is 2. The summed E-state index contributed by atoms with van der Waals surface area (Å²) in [6.45, 7) is 7.75. The molecule has 0 saturated carbocycles. The van der Waals surface area contributed by atoms with Crippen LogP contribution in [0.2, 0.25) is 0 Å². The van der Waals surface area contributed by atoms with E-state index in [0.717, 1.165) is 18.5 Å². The normalized spacial score (nSPS) is 12.4. The van der Waals surface area contributed by atoms with Crippen molar-refractivity contribution >= 4 is 5.91 Å². The molecule has 1 aromatic carbocycles. The highest BCUT2D eigenvalue weighted by Gasteiger charge is 2.11. The van der Waals surface area contributed by atoms with Crippen LogP contribution < -0.4 is 10.6 Å². The first-order valence-electron chi connectivity index (χ1n) is 6.64. The van der Waals surface area contributed by atoms with E-state index in [-0.39, 0.29) is 11.9 Å². The standard InChI is InChI=1S/C15H24N2O/c1-12(2)9-10-16-13(3)15(18)17-11-14-7-5-4-6-8-14/h4-8,12-13,16H,9-11H2,1-3H3,(H,17,18). The molecule has 3 heteroatoms. The fraction of sp³-hybridized carbons (Fsp3) is 0.533. The van der Waals surface area contributed by atoms with E-state index in [1.165, 1.54) is 0 Å². The molecule has 1 amide bonds. The number of benzene rings is 1. The van der Waals surface area contributed by atoms with Gasteiger partial charge in [-0.2, -0.15) is 0 Å². The Morgan fingerprint density at radius 1 is 1.17 bits per heavy atom. The van der Waals surface area contributed by atoms with Crippen LogP contribution in [0.25, 0.3) is 0 Å². The number of rotatable bonds is 7. The zero-order valence-corrected chi connectivity index (χ0v) is 11.6. The van der Waals surface area contributed by atoms with Crippen LogP contribution in [0.4, 0.5) is 0 Å². The molecular weight excluding hydrogens is 224 g/mol. The molecule has 1 unspecified atom stereocenters. The minimum absolute atomic E-state index is 0.0580. The van der Waals surface area contributed by atoms with Crippen LogP contribution in [0.3, 0.4) is 0 Å². The lowest BCUT2D eigenvalue weighted by Gasteiger charge is -2.14. The first-order valence-corrected chi connectivity index (χ1v) is 6.64. The van der Waals surface area contributed by atoms with Gasteiger partial charge in [-0.3, -0.25) is 4.79 Å². The van der Waals surface area contributed by atoms with Crippen LogP contribution in [0.5, 0.6) is 0 Å². The molecule has 0 aliphatic carbocycles. The summed E-state index contributed by atoms with van der Waals surface area (Å²) < 4.78 is 0. The van der Waals surface area contributed by atoms with Gasteiger partial charge in [-0.25, -0.2) is 0 Å². The van der Waals surface area contributed by atoms with Gasteiger partial charge in [0.15, 0.2) is 0 Å². The molecule has 100 valence electrons. The van der Waals surface area contributed by atoms with Crippen molar-refractivity contribution in [1.29, 1.82) is 0 Å². The van der Waals surface area contributed by atoms with Crippen molar-refractivity contribution < 1.29 is 4.79 Å². The zero-order valence-electron chi connectivity index (χ0n) is 11.6. The molecule has 0 aromatic heterocycles. The summed E-state index contributed by atoms with van der Waals surface area (Å²) in [4.78, 5) is 11.8. The third kappa shape index (κ3) is 5.82. The summed E-state index contributed by atoms with van der Waals surface area (Å²) in [5.41, 5.74) is 1.13. The molecule has 0 heterocycles. The van der Waals surface area contributed by atoms with Crippen molar-refractivity contribution in [3.8, 4) is 0 Å². The fourth-order valence-electron chi connectivity index (χ4n) is 1.62. The molecule has 1 aromatic rings. The lowest BCUT2D eigenvalue weighted by molar-refractivity contribution is -0.122. The van der Waals surface area contributed by atoms with Crippen molar-refractivity contribution in [3.05, 3.63) is 35.9 Å². The molecule has 0 spiro atoms. The molecular formula is C15H24N2O. The van der Waals surface area contributed by atoms with Crippen LogP contribution >= 0.6 is 0 Å². The Morgan fingerprint density at radius 3 is 2.44 bits per heavy atom.